The summed E-state index contributed by atoms with van der Waals surface area (Å²) in [5.74, 6) is 0.882. The van der Waals surface area contributed by atoms with Crippen molar-refractivity contribution >= 4 is 29.1 Å². The normalized spacial score (nSPS) is 22.9. The van der Waals surface area contributed by atoms with Gasteiger partial charge in [0.05, 0.1) is 35.5 Å². The topological polar surface area (TPSA) is 97.1 Å². The number of methoxy groups -OCH3 is 2. The minimum atomic E-state index is -0.254. The third-order valence-corrected chi connectivity index (χ3v) is 6.73. The Bertz CT molecular complexity index is 798. The molecule has 9 heteroatoms. The van der Waals surface area contributed by atoms with Gasteiger partial charge in [-0.3, -0.25) is 9.59 Å². The monoisotopic (exact) mass is 452 g/mol. The van der Waals surface area contributed by atoms with Crippen LogP contribution >= 0.6 is 11.6 Å². The van der Waals surface area contributed by atoms with Crippen molar-refractivity contribution in [2.75, 3.05) is 52.7 Å². The van der Waals surface area contributed by atoms with E-state index >= 15 is 0 Å². The van der Waals surface area contributed by atoms with E-state index in [0.29, 0.717) is 27.9 Å². The molecule has 8 nitrogen and oxygen atoms in total. The molecule has 0 saturated carbocycles. The number of amides is 2. The van der Waals surface area contributed by atoms with E-state index in [-0.39, 0.29) is 24.0 Å². The standard InChI is InChI=1S/C22H33ClN4O4/c1-14(28)27-8-4-15(5-9-27)12-26-7-6-19(21(13-26)31-3)25-22(29)16-10-17(23)18(24)11-20(16)30-2/h10-11,15,19,21H,4-9,12-13,24H2,1-3H3,(H,25,29). The van der Waals surface area contributed by atoms with Crippen molar-refractivity contribution in [2.45, 2.75) is 38.3 Å². The van der Waals surface area contributed by atoms with E-state index in [9.17, 15) is 9.59 Å². The molecule has 2 aliphatic heterocycles. The van der Waals surface area contributed by atoms with E-state index < -0.39 is 0 Å². The molecule has 2 aliphatic rings. The van der Waals surface area contributed by atoms with Crippen molar-refractivity contribution in [1.29, 1.82) is 0 Å². The molecule has 2 fully saturated rings. The Hall–Kier alpha value is -2.03. The Morgan fingerprint density at radius 2 is 1.90 bits per heavy atom. The van der Waals surface area contributed by atoms with Gasteiger partial charge in [0.2, 0.25) is 5.91 Å². The van der Waals surface area contributed by atoms with Crippen molar-refractivity contribution in [3.05, 3.63) is 22.7 Å². The Morgan fingerprint density at radius 1 is 1.19 bits per heavy atom. The van der Waals surface area contributed by atoms with Crippen molar-refractivity contribution in [3.8, 4) is 5.75 Å². The molecule has 31 heavy (non-hydrogen) atoms. The van der Waals surface area contributed by atoms with Crippen LogP contribution < -0.4 is 15.8 Å². The van der Waals surface area contributed by atoms with Gasteiger partial charge < -0.3 is 30.3 Å². The summed E-state index contributed by atoms with van der Waals surface area (Å²) < 4.78 is 11.0. The molecule has 172 valence electrons. The molecule has 0 radical (unpaired) electrons. The quantitative estimate of drug-likeness (QED) is 0.641. The molecule has 3 N–H and O–H groups in total. The van der Waals surface area contributed by atoms with Crippen LogP contribution in [0.4, 0.5) is 5.69 Å². The number of hydrogen-bond acceptors (Lipinski definition) is 6. The van der Waals surface area contributed by atoms with Crippen LogP contribution in [0.15, 0.2) is 12.1 Å². The molecule has 3 rings (SSSR count). The summed E-state index contributed by atoms with van der Waals surface area (Å²) in [4.78, 5) is 28.8. The Balaban J connectivity index is 1.56. The highest BCUT2D eigenvalue weighted by molar-refractivity contribution is 6.33. The lowest BCUT2D eigenvalue weighted by Gasteiger charge is -2.41. The molecule has 1 aromatic carbocycles. The number of nitrogen functional groups attached to an aromatic ring is 1. The van der Waals surface area contributed by atoms with Gasteiger partial charge in [-0.1, -0.05) is 11.6 Å². The Labute approximate surface area is 189 Å². The van der Waals surface area contributed by atoms with Gasteiger partial charge in [0, 0.05) is 52.8 Å². The lowest BCUT2D eigenvalue weighted by Crippen LogP contribution is -2.55. The minimum absolute atomic E-state index is 0.102. The zero-order chi connectivity index (χ0) is 22.5. The summed E-state index contributed by atoms with van der Waals surface area (Å²) >= 11 is 6.11. The number of piperidine rings is 2. The lowest BCUT2D eigenvalue weighted by molar-refractivity contribution is -0.130. The highest BCUT2D eigenvalue weighted by Gasteiger charge is 2.33. The molecule has 2 heterocycles. The Morgan fingerprint density at radius 3 is 2.52 bits per heavy atom. The van der Waals surface area contributed by atoms with E-state index in [4.69, 9.17) is 26.8 Å². The summed E-state index contributed by atoms with van der Waals surface area (Å²) in [5.41, 5.74) is 6.54. The van der Waals surface area contributed by atoms with Crippen LogP contribution in [0, 0.1) is 5.92 Å². The van der Waals surface area contributed by atoms with Crippen LogP contribution in [0.1, 0.15) is 36.5 Å². The van der Waals surface area contributed by atoms with Gasteiger partial charge in [0.15, 0.2) is 0 Å². The van der Waals surface area contributed by atoms with Crippen LogP contribution in [-0.2, 0) is 9.53 Å². The number of hydrogen-bond donors (Lipinski definition) is 2. The van der Waals surface area contributed by atoms with Crippen molar-refractivity contribution in [3.63, 3.8) is 0 Å². The summed E-state index contributed by atoms with van der Waals surface area (Å²) in [6.07, 6.45) is 2.75. The van der Waals surface area contributed by atoms with E-state index in [1.54, 1.807) is 20.1 Å². The number of benzene rings is 1. The number of carbonyl (C=O) groups is 2. The number of nitrogens with two attached hydrogens (primary N) is 1. The van der Waals surface area contributed by atoms with Crippen LogP contribution in [-0.4, -0.2) is 80.7 Å². The van der Waals surface area contributed by atoms with Gasteiger partial charge in [0.1, 0.15) is 5.75 Å². The summed E-state index contributed by atoms with van der Waals surface area (Å²) in [6.45, 7) is 5.95. The van der Waals surface area contributed by atoms with Crippen molar-refractivity contribution in [1.82, 2.24) is 15.1 Å². The molecular formula is C22H33ClN4O4. The van der Waals surface area contributed by atoms with Crippen LogP contribution in [0.25, 0.3) is 0 Å². The fourth-order valence-corrected chi connectivity index (χ4v) is 4.67. The third-order valence-electron chi connectivity index (χ3n) is 6.40. The number of anilines is 1. The first-order valence-electron chi connectivity index (χ1n) is 10.8. The molecule has 0 aliphatic carbocycles. The smallest absolute Gasteiger partial charge is 0.255 e. The van der Waals surface area contributed by atoms with Crippen LogP contribution in [0.2, 0.25) is 5.02 Å². The maximum atomic E-state index is 12.9. The van der Waals surface area contributed by atoms with Crippen molar-refractivity contribution < 1.29 is 19.1 Å². The van der Waals surface area contributed by atoms with Gasteiger partial charge >= 0.3 is 0 Å². The van der Waals surface area contributed by atoms with Crippen LogP contribution in [0.5, 0.6) is 5.75 Å². The number of carbonyl (C=O) groups excluding carboxylic acids is 2. The largest absolute Gasteiger partial charge is 0.496 e. The second-order valence-corrected chi connectivity index (χ2v) is 8.83. The second kappa shape index (κ2) is 10.5. The van der Waals surface area contributed by atoms with E-state index in [1.807, 2.05) is 4.90 Å². The molecule has 2 unspecified atom stereocenters. The highest BCUT2D eigenvalue weighted by Crippen LogP contribution is 2.29. The first kappa shape index (κ1) is 23.6. The first-order valence-corrected chi connectivity index (χ1v) is 11.1. The van der Waals surface area contributed by atoms with Crippen molar-refractivity contribution in [2.24, 2.45) is 5.92 Å². The van der Waals surface area contributed by atoms with Gasteiger partial charge in [-0.05, 0) is 31.2 Å². The van der Waals surface area contributed by atoms with E-state index in [2.05, 4.69) is 10.2 Å². The number of ether oxygens (including phenoxy) is 2. The average Bonchev–Trinajstić information content (AvgIpc) is 2.76. The maximum absolute atomic E-state index is 12.9. The SMILES string of the molecule is COc1cc(N)c(Cl)cc1C(=O)NC1CCN(CC2CCN(C(C)=O)CC2)CC1OC. The molecular weight excluding hydrogens is 420 g/mol. The maximum Gasteiger partial charge on any atom is 0.255 e. The molecule has 0 aromatic heterocycles. The van der Waals surface area contributed by atoms with Gasteiger partial charge in [-0.15, -0.1) is 0 Å². The molecule has 2 amide bonds. The summed E-state index contributed by atoms with van der Waals surface area (Å²) in [6, 6.07) is 3.00. The molecule has 0 spiro atoms. The Kier molecular flexibility index (Phi) is 8.02. The number of nitrogens with one attached hydrogen (secondary N) is 1. The highest BCUT2D eigenvalue weighted by atomic mass is 35.5. The average molecular weight is 453 g/mol. The second-order valence-electron chi connectivity index (χ2n) is 8.43. The third kappa shape index (κ3) is 5.81. The first-order chi connectivity index (χ1) is 14.8. The molecule has 1 aromatic rings. The predicted octanol–water partition coefficient (Wildman–Crippen LogP) is 2.01. The van der Waals surface area contributed by atoms with E-state index in [0.717, 1.165) is 52.0 Å². The fraction of sp³-hybridized carbons (Fsp3) is 0.636. The molecule has 2 atom stereocenters. The fourth-order valence-electron chi connectivity index (χ4n) is 4.51. The molecule has 0 bridgehead atoms. The predicted molar refractivity (Wildman–Crippen MR) is 121 cm³/mol. The number of halogens is 1. The minimum Gasteiger partial charge on any atom is -0.496 e. The summed E-state index contributed by atoms with van der Waals surface area (Å²) in [7, 11) is 3.18. The summed E-state index contributed by atoms with van der Waals surface area (Å²) in [5, 5.41) is 3.41. The van der Waals surface area contributed by atoms with Gasteiger partial charge in [0.25, 0.3) is 5.91 Å². The number of rotatable bonds is 6. The van der Waals surface area contributed by atoms with Gasteiger partial charge in [-0.25, -0.2) is 0 Å². The zero-order valence-corrected chi connectivity index (χ0v) is 19.3. The zero-order valence-electron chi connectivity index (χ0n) is 18.5. The lowest BCUT2D eigenvalue weighted by atomic mass is 9.94. The van der Waals surface area contributed by atoms with Crippen LogP contribution in [0.3, 0.4) is 0 Å². The molecule has 2 saturated heterocycles. The van der Waals surface area contributed by atoms with Gasteiger partial charge in [-0.2, -0.15) is 0 Å². The number of likely N-dealkylation sites (tertiary alicyclic amines) is 2. The van der Waals surface area contributed by atoms with E-state index in [1.165, 1.54) is 13.2 Å². The number of nitrogens with zero attached hydrogens (tertiary/aromatic N) is 2.